The molecule has 0 fully saturated rings. The minimum Gasteiger partial charge on any atom is -0.364 e. The maximum absolute atomic E-state index is 14.0. The molecular formula is C33H25NOS. The largest absolute Gasteiger partial charge is 0.364 e. The van der Waals surface area contributed by atoms with Gasteiger partial charge in [0.15, 0.2) is 5.78 Å². The van der Waals surface area contributed by atoms with E-state index in [1.54, 1.807) is 11.3 Å². The Kier molecular flexibility index (Phi) is 5.11. The van der Waals surface area contributed by atoms with E-state index in [1.807, 2.05) is 35.9 Å². The maximum atomic E-state index is 14.0. The summed E-state index contributed by atoms with van der Waals surface area (Å²) >= 11 is 1.66. The Morgan fingerprint density at radius 1 is 0.889 bits per heavy atom. The molecule has 7 rings (SSSR count). The van der Waals surface area contributed by atoms with E-state index in [0.717, 1.165) is 29.5 Å². The maximum Gasteiger partial charge on any atom is 0.171 e. The second kappa shape index (κ2) is 8.61. The van der Waals surface area contributed by atoms with Crippen LogP contribution < -0.4 is 15.8 Å². The summed E-state index contributed by atoms with van der Waals surface area (Å²) in [6, 6.07) is 21.5. The minimum atomic E-state index is -0.184. The van der Waals surface area contributed by atoms with Crippen molar-refractivity contribution in [2.45, 2.75) is 18.8 Å². The summed E-state index contributed by atoms with van der Waals surface area (Å²) in [5, 5.41) is 9.09. The van der Waals surface area contributed by atoms with Crippen molar-refractivity contribution in [3.8, 4) is 11.1 Å². The summed E-state index contributed by atoms with van der Waals surface area (Å²) in [5.41, 5.74) is 7.21. The third-order valence-electron chi connectivity index (χ3n) is 7.69. The summed E-state index contributed by atoms with van der Waals surface area (Å²) in [4.78, 5) is 14.0. The lowest BCUT2D eigenvalue weighted by Crippen LogP contribution is -2.39. The summed E-state index contributed by atoms with van der Waals surface area (Å²) in [6.07, 6.45) is 16.5. The molecule has 2 unspecified atom stereocenters. The normalized spacial score (nSPS) is 19.6. The number of allylic oxidation sites excluding steroid dienone is 5. The number of nitrogens with one attached hydrogen (secondary N) is 1. The molecule has 2 nitrogen and oxygen atoms in total. The molecule has 1 aliphatic heterocycles. The van der Waals surface area contributed by atoms with Gasteiger partial charge in [-0.05, 0) is 63.8 Å². The molecule has 3 heteroatoms. The molecule has 0 spiro atoms. The highest BCUT2D eigenvalue weighted by Crippen LogP contribution is 2.37. The molecule has 3 aliphatic rings. The fourth-order valence-corrected chi connectivity index (χ4v) is 6.90. The molecule has 1 N–H and O–H groups in total. The van der Waals surface area contributed by atoms with Gasteiger partial charge in [-0.2, -0.15) is 0 Å². The van der Waals surface area contributed by atoms with Crippen LogP contribution in [0.5, 0.6) is 0 Å². The Labute approximate surface area is 214 Å². The van der Waals surface area contributed by atoms with Crippen molar-refractivity contribution in [1.82, 2.24) is 5.32 Å². The summed E-state index contributed by atoms with van der Waals surface area (Å²) < 4.78 is 1.17. The molecule has 174 valence electrons. The third-order valence-corrected chi connectivity index (χ3v) is 8.65. The van der Waals surface area contributed by atoms with Crippen molar-refractivity contribution in [3.05, 3.63) is 129 Å². The van der Waals surface area contributed by atoms with Crippen molar-refractivity contribution in [2.24, 2.45) is 5.92 Å². The van der Waals surface area contributed by atoms with Crippen LogP contribution in [0.15, 0.2) is 102 Å². The van der Waals surface area contributed by atoms with Crippen LogP contribution in [0.25, 0.3) is 33.4 Å². The van der Waals surface area contributed by atoms with Crippen LogP contribution in [0, 0.1) is 5.92 Å². The fraction of sp³-hybridized carbons (Fsp3) is 0.121. The van der Waals surface area contributed by atoms with E-state index in [4.69, 9.17) is 0 Å². The number of thiophene rings is 1. The Bertz CT molecular complexity index is 1750. The second-order valence-corrected chi connectivity index (χ2v) is 10.6. The zero-order valence-corrected chi connectivity index (χ0v) is 20.6. The first-order valence-corrected chi connectivity index (χ1v) is 13.4. The first-order valence-electron chi connectivity index (χ1n) is 12.5. The molecule has 0 saturated carbocycles. The number of carbonyl (C=O) groups is 1. The lowest BCUT2D eigenvalue weighted by atomic mass is 9.75. The van der Waals surface area contributed by atoms with E-state index in [1.165, 1.54) is 37.4 Å². The average molecular weight is 484 g/mol. The molecule has 0 saturated heterocycles. The molecule has 36 heavy (non-hydrogen) atoms. The van der Waals surface area contributed by atoms with Gasteiger partial charge in [-0.15, -0.1) is 11.3 Å². The van der Waals surface area contributed by atoms with Crippen molar-refractivity contribution in [2.75, 3.05) is 0 Å². The van der Waals surface area contributed by atoms with Crippen LogP contribution in [0.1, 0.15) is 33.8 Å². The molecule has 0 bridgehead atoms. The molecule has 0 amide bonds. The van der Waals surface area contributed by atoms with E-state index < -0.39 is 0 Å². The van der Waals surface area contributed by atoms with E-state index in [2.05, 4.69) is 78.2 Å². The summed E-state index contributed by atoms with van der Waals surface area (Å²) in [6.45, 7) is 0. The molecule has 2 atom stereocenters. The highest BCUT2D eigenvalue weighted by atomic mass is 32.1. The van der Waals surface area contributed by atoms with Crippen LogP contribution in [-0.2, 0) is 6.42 Å². The SMILES string of the molecule is O=C(c1csc2ccccc12)C1C=c2c(ccc3c2=CCc2ccccc2-3)C(C2=CC=CC=CN2)C1. The number of rotatable bonds is 3. The molecule has 4 aromatic rings. The molecule has 1 aromatic heterocycles. The first-order chi connectivity index (χ1) is 17.8. The Hall–Kier alpha value is -3.95. The van der Waals surface area contributed by atoms with Gasteiger partial charge < -0.3 is 5.32 Å². The predicted octanol–water partition coefficient (Wildman–Crippen LogP) is 6.23. The van der Waals surface area contributed by atoms with E-state index in [9.17, 15) is 4.79 Å². The van der Waals surface area contributed by atoms with Crippen LogP contribution in [0.4, 0.5) is 0 Å². The van der Waals surface area contributed by atoms with Gasteiger partial charge in [0, 0.05) is 44.8 Å². The van der Waals surface area contributed by atoms with Gasteiger partial charge in [-0.3, -0.25) is 4.79 Å². The second-order valence-electron chi connectivity index (χ2n) is 9.68. The van der Waals surface area contributed by atoms with Gasteiger partial charge >= 0.3 is 0 Å². The van der Waals surface area contributed by atoms with Crippen molar-refractivity contribution in [3.63, 3.8) is 0 Å². The number of hydrogen-bond donors (Lipinski definition) is 1. The van der Waals surface area contributed by atoms with Gasteiger partial charge in [0.1, 0.15) is 0 Å². The zero-order valence-electron chi connectivity index (χ0n) is 19.8. The van der Waals surface area contributed by atoms with E-state index in [-0.39, 0.29) is 17.6 Å². The first kappa shape index (κ1) is 21.3. The standard InChI is InChI=1S/C33H25NOS/c35-33(30-20-36-32-12-6-5-10-27(30)32)22-18-28-25-14-13-21-8-3-4-9-23(21)24(25)15-16-26(28)29(19-22)31-11-2-1-7-17-34-31/h1-12,14-18,20,22,29,34H,13,19H2. The minimum absolute atomic E-state index is 0.118. The summed E-state index contributed by atoms with van der Waals surface area (Å²) in [7, 11) is 0. The Balaban J connectivity index is 1.43. The average Bonchev–Trinajstić information content (AvgIpc) is 3.17. The van der Waals surface area contributed by atoms with Crippen LogP contribution >= 0.6 is 11.3 Å². The zero-order chi connectivity index (χ0) is 24.1. The molecule has 2 heterocycles. The van der Waals surface area contributed by atoms with Crippen molar-refractivity contribution in [1.29, 1.82) is 0 Å². The van der Waals surface area contributed by atoms with Gasteiger partial charge in [0.25, 0.3) is 0 Å². The predicted molar refractivity (Wildman–Crippen MR) is 150 cm³/mol. The fourth-order valence-electron chi connectivity index (χ4n) is 5.95. The number of carbonyl (C=O) groups excluding carboxylic acids is 1. The van der Waals surface area contributed by atoms with E-state index >= 15 is 0 Å². The smallest absolute Gasteiger partial charge is 0.171 e. The third kappa shape index (κ3) is 3.42. The number of Topliss-reactive ketones (excluding diaryl/α,β-unsaturated/α-hetero) is 1. The van der Waals surface area contributed by atoms with Crippen molar-refractivity contribution < 1.29 is 4.79 Å². The van der Waals surface area contributed by atoms with Crippen molar-refractivity contribution >= 4 is 39.4 Å². The Morgan fingerprint density at radius 3 is 2.75 bits per heavy atom. The highest BCUT2D eigenvalue weighted by Gasteiger charge is 2.31. The Morgan fingerprint density at radius 2 is 1.78 bits per heavy atom. The van der Waals surface area contributed by atoms with Gasteiger partial charge in [-0.1, -0.05) is 78.9 Å². The highest BCUT2D eigenvalue weighted by molar-refractivity contribution is 7.17. The molecule has 0 radical (unpaired) electrons. The number of benzene rings is 3. The van der Waals surface area contributed by atoms with Crippen LogP contribution in [0.3, 0.4) is 0 Å². The molecule has 3 aromatic carbocycles. The van der Waals surface area contributed by atoms with E-state index in [0.29, 0.717) is 0 Å². The van der Waals surface area contributed by atoms with Crippen LogP contribution in [-0.4, -0.2) is 5.78 Å². The molecule has 2 aliphatic carbocycles. The lowest BCUT2D eigenvalue weighted by Gasteiger charge is -2.30. The van der Waals surface area contributed by atoms with Crippen LogP contribution in [0.2, 0.25) is 0 Å². The lowest BCUT2D eigenvalue weighted by molar-refractivity contribution is 0.0946. The molecular weight excluding hydrogens is 458 g/mol. The summed E-state index contributed by atoms with van der Waals surface area (Å²) in [5.74, 6) is 0.154. The van der Waals surface area contributed by atoms with Gasteiger partial charge in [0.2, 0.25) is 0 Å². The number of ketones is 1. The number of hydrogen-bond acceptors (Lipinski definition) is 3. The van der Waals surface area contributed by atoms with Gasteiger partial charge in [-0.25, -0.2) is 0 Å². The topological polar surface area (TPSA) is 29.1 Å². The van der Waals surface area contributed by atoms with Gasteiger partial charge in [0.05, 0.1) is 0 Å². The number of fused-ring (bicyclic) bond motifs is 6. The quantitative estimate of drug-likeness (QED) is 0.350. The monoisotopic (exact) mass is 483 g/mol.